The fourth-order valence-corrected chi connectivity index (χ4v) is 4.04. The molecule has 0 radical (unpaired) electrons. The summed E-state index contributed by atoms with van der Waals surface area (Å²) in [5.74, 6) is -1.89. The van der Waals surface area contributed by atoms with Gasteiger partial charge in [0, 0.05) is 23.7 Å². The minimum Gasteiger partial charge on any atom is -0.545 e. The summed E-state index contributed by atoms with van der Waals surface area (Å²) in [5.41, 5.74) is 1.18. The lowest BCUT2D eigenvalue weighted by molar-refractivity contribution is -0.255. The molecule has 2 amide bonds. The number of hydrogen-bond acceptors (Lipinski definition) is 6. The molecule has 148 valence electrons. The number of carboxylic acids is 1. The van der Waals surface area contributed by atoms with E-state index >= 15 is 0 Å². The minimum atomic E-state index is -1.29. The molecule has 0 aromatic heterocycles. The number of thioether (sulfide) groups is 1. The third kappa shape index (κ3) is 5.23. The zero-order chi connectivity index (χ0) is 21.0. The second-order valence-corrected chi connectivity index (χ2v) is 8.10. The van der Waals surface area contributed by atoms with E-state index in [0.717, 1.165) is 11.8 Å². The van der Waals surface area contributed by atoms with Crippen molar-refractivity contribution in [2.24, 2.45) is 0 Å². The number of amides is 2. The summed E-state index contributed by atoms with van der Waals surface area (Å²) in [7, 11) is 0. The van der Waals surface area contributed by atoms with Crippen molar-refractivity contribution < 1.29 is 19.5 Å². The maximum Gasteiger partial charge on any atom is 0.266 e. The number of hydrogen-bond donors (Lipinski definition) is 1. The quantitative estimate of drug-likeness (QED) is 0.543. The number of nitrogens with zero attached hydrogens (tertiary/aromatic N) is 1. The highest BCUT2D eigenvalue weighted by molar-refractivity contribution is 8.26. The number of carbonyl (C=O) groups excluding carboxylic acids is 3. The summed E-state index contributed by atoms with van der Waals surface area (Å²) in [6, 6.07) is 12.8. The first-order valence-corrected chi connectivity index (χ1v) is 10.1. The number of nitrogens with one attached hydrogen (secondary N) is 1. The molecule has 0 saturated carbocycles. The van der Waals surface area contributed by atoms with Gasteiger partial charge in [0.05, 0.1) is 10.9 Å². The zero-order valence-corrected chi connectivity index (χ0v) is 17.3. The largest absolute Gasteiger partial charge is 0.545 e. The molecule has 0 unspecified atom stereocenters. The van der Waals surface area contributed by atoms with Crippen molar-refractivity contribution >= 4 is 69.4 Å². The first-order chi connectivity index (χ1) is 13.8. The van der Waals surface area contributed by atoms with Gasteiger partial charge in [0.2, 0.25) is 5.91 Å². The molecule has 2 aromatic rings. The lowest BCUT2D eigenvalue weighted by Gasteiger charge is -2.14. The van der Waals surface area contributed by atoms with E-state index in [0.29, 0.717) is 25.5 Å². The number of benzene rings is 2. The van der Waals surface area contributed by atoms with Crippen LogP contribution in [0.4, 0.5) is 5.69 Å². The number of anilines is 1. The van der Waals surface area contributed by atoms with Crippen LogP contribution in [0.2, 0.25) is 5.02 Å². The van der Waals surface area contributed by atoms with Gasteiger partial charge in [-0.3, -0.25) is 14.5 Å². The Morgan fingerprint density at radius 2 is 1.86 bits per heavy atom. The van der Waals surface area contributed by atoms with Crippen molar-refractivity contribution in [2.45, 2.75) is 6.42 Å². The number of halogens is 1. The predicted molar refractivity (Wildman–Crippen MR) is 115 cm³/mol. The Bertz CT molecular complexity index is 1020. The van der Waals surface area contributed by atoms with Crippen LogP contribution in [-0.4, -0.2) is 33.5 Å². The van der Waals surface area contributed by atoms with Crippen LogP contribution in [0.1, 0.15) is 22.3 Å². The highest BCUT2D eigenvalue weighted by Crippen LogP contribution is 2.33. The summed E-state index contributed by atoms with van der Waals surface area (Å²) in [5, 5.41) is 13.9. The maximum atomic E-state index is 12.6. The van der Waals surface area contributed by atoms with Crippen molar-refractivity contribution in [2.75, 3.05) is 11.9 Å². The van der Waals surface area contributed by atoms with Gasteiger partial charge in [-0.25, -0.2) is 0 Å². The fraction of sp³-hybridized carbons (Fsp3) is 0.100. The molecule has 1 saturated heterocycles. The monoisotopic (exact) mass is 445 g/mol. The number of rotatable bonds is 6. The van der Waals surface area contributed by atoms with Gasteiger partial charge in [-0.1, -0.05) is 65.9 Å². The molecule has 1 heterocycles. The molecule has 1 aliphatic rings. The maximum absolute atomic E-state index is 12.6. The van der Waals surface area contributed by atoms with Crippen molar-refractivity contribution in [1.29, 1.82) is 0 Å². The number of carboxylic acid groups (broad SMARTS) is 1. The van der Waals surface area contributed by atoms with Crippen molar-refractivity contribution in [3.63, 3.8) is 0 Å². The predicted octanol–water partition coefficient (Wildman–Crippen LogP) is 2.93. The molecule has 6 nitrogen and oxygen atoms in total. The summed E-state index contributed by atoms with van der Waals surface area (Å²) < 4.78 is 0.374. The minimum absolute atomic E-state index is 0.0193. The van der Waals surface area contributed by atoms with Crippen molar-refractivity contribution in [1.82, 2.24) is 4.90 Å². The van der Waals surface area contributed by atoms with Gasteiger partial charge in [0.25, 0.3) is 5.91 Å². The molecule has 3 rings (SSSR count). The highest BCUT2D eigenvalue weighted by Gasteiger charge is 2.32. The van der Waals surface area contributed by atoms with E-state index < -0.39 is 5.97 Å². The molecule has 1 fully saturated rings. The van der Waals surface area contributed by atoms with Crippen LogP contribution in [0.15, 0.2) is 53.4 Å². The second kappa shape index (κ2) is 9.21. The topological polar surface area (TPSA) is 89.5 Å². The average molecular weight is 446 g/mol. The van der Waals surface area contributed by atoms with Crippen LogP contribution in [-0.2, 0) is 9.59 Å². The molecule has 1 aliphatic heterocycles. The molecular formula is C20H14ClN2O4S2-. The van der Waals surface area contributed by atoms with Crippen LogP contribution in [0.25, 0.3) is 6.08 Å². The van der Waals surface area contributed by atoms with E-state index in [1.807, 2.05) is 6.07 Å². The van der Waals surface area contributed by atoms with Crippen LogP contribution in [0.3, 0.4) is 0 Å². The Balaban J connectivity index is 1.59. The molecular weight excluding hydrogens is 432 g/mol. The standard InChI is InChI=1S/C20H15ClN2O4S2/c21-15-4-2-1-3-13(15)11-16-18(25)23(20(28)29-16)10-9-17(24)22-14-7-5-12(6-8-14)19(26)27/h1-8,11H,9-10H2,(H,22,24)(H,26,27)/p-1. The zero-order valence-electron chi connectivity index (χ0n) is 14.9. The Morgan fingerprint density at radius 3 is 2.52 bits per heavy atom. The van der Waals surface area contributed by atoms with E-state index in [2.05, 4.69) is 5.32 Å². The Morgan fingerprint density at radius 1 is 1.17 bits per heavy atom. The van der Waals surface area contributed by atoms with E-state index in [1.54, 1.807) is 24.3 Å². The third-order valence-corrected chi connectivity index (χ3v) is 5.75. The Hall–Kier alpha value is -2.68. The molecule has 0 bridgehead atoms. The van der Waals surface area contributed by atoms with Crippen molar-refractivity contribution in [3.05, 3.63) is 69.6 Å². The molecule has 29 heavy (non-hydrogen) atoms. The molecule has 0 spiro atoms. The van der Waals surface area contributed by atoms with E-state index in [-0.39, 0.29) is 30.3 Å². The Labute approximate surface area is 181 Å². The summed E-state index contributed by atoms with van der Waals surface area (Å²) in [4.78, 5) is 37.3. The van der Waals surface area contributed by atoms with Gasteiger partial charge >= 0.3 is 0 Å². The third-order valence-electron chi connectivity index (χ3n) is 4.03. The molecule has 9 heteroatoms. The van der Waals surface area contributed by atoms with Gasteiger partial charge in [-0.2, -0.15) is 0 Å². The lowest BCUT2D eigenvalue weighted by Crippen LogP contribution is -2.31. The number of thiocarbonyl (C=S) groups is 1. The Kier molecular flexibility index (Phi) is 6.68. The van der Waals surface area contributed by atoms with E-state index in [9.17, 15) is 19.5 Å². The second-order valence-electron chi connectivity index (χ2n) is 6.02. The van der Waals surface area contributed by atoms with Gasteiger partial charge < -0.3 is 15.2 Å². The molecule has 2 aromatic carbocycles. The van der Waals surface area contributed by atoms with Crippen LogP contribution < -0.4 is 10.4 Å². The van der Waals surface area contributed by atoms with Gasteiger partial charge in [-0.15, -0.1) is 0 Å². The SMILES string of the molecule is O=C(CCN1C(=O)C(=Cc2ccccc2Cl)SC1=S)Nc1ccc(C(=O)[O-])cc1. The number of carbonyl (C=O) groups is 3. The van der Waals surface area contributed by atoms with Crippen LogP contribution in [0, 0.1) is 0 Å². The van der Waals surface area contributed by atoms with Gasteiger partial charge in [-0.05, 0) is 35.4 Å². The van der Waals surface area contributed by atoms with E-state index in [4.69, 9.17) is 23.8 Å². The van der Waals surface area contributed by atoms with Gasteiger partial charge in [0.15, 0.2) is 0 Å². The molecule has 0 aliphatic carbocycles. The summed E-state index contributed by atoms with van der Waals surface area (Å²) in [6.45, 7) is 0.132. The van der Waals surface area contributed by atoms with E-state index in [1.165, 1.54) is 29.2 Å². The highest BCUT2D eigenvalue weighted by atomic mass is 35.5. The van der Waals surface area contributed by atoms with Crippen LogP contribution in [0.5, 0.6) is 0 Å². The summed E-state index contributed by atoms with van der Waals surface area (Å²) >= 11 is 12.6. The smallest absolute Gasteiger partial charge is 0.266 e. The average Bonchev–Trinajstić information content (AvgIpc) is 2.95. The first kappa shape index (κ1) is 21.0. The number of aromatic carboxylic acids is 1. The van der Waals surface area contributed by atoms with Crippen LogP contribution >= 0.6 is 35.6 Å². The normalized spacial score (nSPS) is 15.1. The van der Waals surface area contributed by atoms with Crippen molar-refractivity contribution in [3.8, 4) is 0 Å². The van der Waals surface area contributed by atoms with Gasteiger partial charge in [0.1, 0.15) is 4.32 Å². The first-order valence-electron chi connectivity index (χ1n) is 8.46. The lowest BCUT2D eigenvalue weighted by atomic mass is 10.2. The fourth-order valence-electron chi connectivity index (χ4n) is 2.55. The summed E-state index contributed by atoms with van der Waals surface area (Å²) in [6.07, 6.45) is 1.72. The molecule has 1 N–H and O–H groups in total. The molecule has 0 atom stereocenters.